The standard InChI is InChI=1S/C20H26N4O4Se2/c1-11-17(29-19(21-11)23-3-7-27-8-4-23)13-15(25)14(16(13)26)18-12(2)22-20(30-18)24-5-9-28-10-6-24/h13-16H,3-10H2,1-2H3/q-2. The Kier molecular flexibility index (Phi) is 6.12. The molecule has 8 nitrogen and oxygen atoms in total. The van der Waals surface area contributed by atoms with E-state index in [-0.39, 0.29) is 29.0 Å². The first-order valence-corrected chi connectivity index (χ1v) is 13.9. The van der Waals surface area contributed by atoms with Gasteiger partial charge in [-0.3, -0.25) is 0 Å². The van der Waals surface area contributed by atoms with Gasteiger partial charge in [0.15, 0.2) is 0 Å². The number of nitrogens with zero attached hydrogens (tertiary/aromatic N) is 4. The van der Waals surface area contributed by atoms with E-state index in [4.69, 9.17) is 19.4 Å². The van der Waals surface area contributed by atoms with Crippen LogP contribution in [0.1, 0.15) is 32.1 Å². The van der Waals surface area contributed by atoms with E-state index in [0.29, 0.717) is 26.4 Å². The van der Waals surface area contributed by atoms with Gasteiger partial charge in [-0.15, -0.1) is 0 Å². The van der Waals surface area contributed by atoms with Crippen LogP contribution in [0.2, 0.25) is 0 Å². The molecule has 0 N–H and O–H groups in total. The Labute approximate surface area is 188 Å². The molecule has 1 aliphatic carbocycles. The summed E-state index contributed by atoms with van der Waals surface area (Å²) in [4.78, 5) is 14.0. The van der Waals surface area contributed by atoms with Crippen LogP contribution in [-0.4, -0.2) is 104 Å². The fourth-order valence-electron chi connectivity index (χ4n) is 4.46. The van der Waals surface area contributed by atoms with Gasteiger partial charge in [-0.05, 0) is 0 Å². The zero-order valence-electron chi connectivity index (χ0n) is 17.2. The zero-order valence-corrected chi connectivity index (χ0v) is 20.6. The third-order valence-corrected chi connectivity index (χ3v) is 11.8. The van der Waals surface area contributed by atoms with E-state index in [0.717, 1.165) is 55.8 Å². The number of hydrogen-bond donors (Lipinski definition) is 0. The molecule has 0 atom stereocenters. The van der Waals surface area contributed by atoms with E-state index in [2.05, 4.69) is 9.80 Å². The van der Waals surface area contributed by atoms with Gasteiger partial charge in [-0.1, -0.05) is 0 Å². The van der Waals surface area contributed by atoms with Crippen molar-refractivity contribution in [3.05, 3.63) is 20.3 Å². The number of aromatic nitrogens is 2. The molecular weight excluding hydrogens is 518 g/mol. The van der Waals surface area contributed by atoms with Gasteiger partial charge in [-0.25, -0.2) is 0 Å². The average Bonchev–Trinajstić information content (AvgIpc) is 3.33. The van der Waals surface area contributed by atoms with Gasteiger partial charge in [0.25, 0.3) is 0 Å². The predicted molar refractivity (Wildman–Crippen MR) is 111 cm³/mol. The van der Waals surface area contributed by atoms with Crippen molar-refractivity contribution >= 4 is 38.4 Å². The summed E-state index contributed by atoms with van der Waals surface area (Å²) in [5.41, 5.74) is 1.80. The van der Waals surface area contributed by atoms with E-state index in [1.165, 1.54) is 0 Å². The Morgan fingerprint density at radius 1 is 0.733 bits per heavy atom. The summed E-state index contributed by atoms with van der Waals surface area (Å²) in [5, 5.41) is 26.5. The molecule has 0 unspecified atom stereocenters. The van der Waals surface area contributed by atoms with Crippen LogP contribution in [0, 0.1) is 13.8 Å². The van der Waals surface area contributed by atoms with Crippen molar-refractivity contribution in [2.24, 2.45) is 0 Å². The number of ether oxygens (including phenoxy) is 2. The molecule has 3 aliphatic rings. The number of rotatable bonds is 4. The molecule has 10 heteroatoms. The average molecular weight is 544 g/mol. The van der Waals surface area contributed by atoms with Gasteiger partial charge in [-0.2, -0.15) is 0 Å². The second-order valence-electron chi connectivity index (χ2n) is 8.07. The minimum absolute atomic E-state index is 0.0257. The Morgan fingerprint density at radius 2 is 1.10 bits per heavy atom. The maximum atomic E-state index is 13.3. The van der Waals surface area contributed by atoms with Crippen LogP contribution in [-0.2, 0) is 9.47 Å². The molecule has 0 spiro atoms. The minimum atomic E-state index is -0.871. The quantitative estimate of drug-likeness (QED) is 0.417. The molecule has 2 aromatic heterocycles. The number of hydrogen-bond acceptors (Lipinski definition) is 8. The van der Waals surface area contributed by atoms with Gasteiger partial charge < -0.3 is 0 Å². The number of anilines is 2. The van der Waals surface area contributed by atoms with Crippen molar-refractivity contribution in [3.8, 4) is 0 Å². The number of aryl methyl sites for hydroxylation is 2. The van der Waals surface area contributed by atoms with E-state index in [9.17, 15) is 10.2 Å². The molecule has 3 fully saturated rings. The van der Waals surface area contributed by atoms with E-state index in [1.54, 1.807) is 0 Å². The summed E-state index contributed by atoms with van der Waals surface area (Å²) in [6, 6.07) is 0. The summed E-state index contributed by atoms with van der Waals surface area (Å²) < 4.78 is 15.0. The molecule has 2 saturated heterocycles. The van der Waals surface area contributed by atoms with Crippen LogP contribution < -0.4 is 20.0 Å². The fourth-order valence-corrected chi connectivity index (χ4v) is 9.86. The molecule has 0 amide bonds. The molecule has 0 radical (unpaired) electrons. The maximum absolute atomic E-state index is 13.3. The monoisotopic (exact) mass is 546 g/mol. The van der Waals surface area contributed by atoms with Gasteiger partial charge in [0.2, 0.25) is 0 Å². The first-order valence-electron chi connectivity index (χ1n) is 10.5. The van der Waals surface area contributed by atoms with Crippen molar-refractivity contribution in [3.63, 3.8) is 0 Å². The molecule has 0 aromatic carbocycles. The molecule has 0 bridgehead atoms. The molecule has 164 valence electrons. The van der Waals surface area contributed by atoms with Crippen LogP contribution in [0.15, 0.2) is 0 Å². The fraction of sp³-hybridized carbons (Fsp3) is 0.700. The summed E-state index contributed by atoms with van der Waals surface area (Å²) in [7, 11) is 0. The Balaban J connectivity index is 1.34. The van der Waals surface area contributed by atoms with Crippen molar-refractivity contribution < 1.29 is 19.7 Å². The van der Waals surface area contributed by atoms with Crippen LogP contribution in [0.25, 0.3) is 0 Å². The van der Waals surface area contributed by atoms with Crippen molar-refractivity contribution in [1.29, 1.82) is 0 Å². The normalized spacial score (nSPS) is 29.9. The van der Waals surface area contributed by atoms with E-state index in [1.807, 2.05) is 13.8 Å². The third-order valence-electron chi connectivity index (χ3n) is 6.23. The first kappa shape index (κ1) is 21.2. The van der Waals surface area contributed by atoms with Crippen molar-refractivity contribution in [2.75, 3.05) is 62.4 Å². The first-order chi connectivity index (χ1) is 14.5. The molecule has 2 aromatic rings. The topological polar surface area (TPSA) is 96.8 Å². The van der Waals surface area contributed by atoms with Gasteiger partial charge in [0.05, 0.1) is 0 Å². The molecule has 5 rings (SSSR count). The van der Waals surface area contributed by atoms with Crippen LogP contribution >= 0.6 is 0 Å². The van der Waals surface area contributed by atoms with Crippen LogP contribution in [0.5, 0.6) is 0 Å². The SMILES string of the molecule is Cc1nc(N2CCOCC2)[se]c1C1C([O-])C(c2[se]c(N3CCOCC3)nc2C)C1[O-]. The Hall–Kier alpha value is -0.701. The predicted octanol–water partition coefficient (Wildman–Crippen LogP) is -1.78. The molecule has 30 heavy (non-hydrogen) atoms. The van der Waals surface area contributed by atoms with E-state index >= 15 is 0 Å². The molecule has 2 aliphatic heterocycles. The zero-order chi connectivity index (χ0) is 20.8. The van der Waals surface area contributed by atoms with Gasteiger partial charge in [0, 0.05) is 0 Å². The Morgan fingerprint density at radius 3 is 1.47 bits per heavy atom. The summed E-state index contributed by atoms with van der Waals surface area (Å²) >= 11 is -0.0514. The van der Waals surface area contributed by atoms with Gasteiger partial charge in [0.1, 0.15) is 0 Å². The third kappa shape index (κ3) is 3.71. The molecule has 4 heterocycles. The van der Waals surface area contributed by atoms with Crippen molar-refractivity contribution in [2.45, 2.75) is 37.9 Å². The van der Waals surface area contributed by atoms with Crippen LogP contribution in [0.4, 0.5) is 9.38 Å². The van der Waals surface area contributed by atoms with Crippen molar-refractivity contribution in [1.82, 2.24) is 9.97 Å². The second-order valence-corrected chi connectivity index (χ2v) is 12.3. The summed E-state index contributed by atoms with van der Waals surface area (Å²) in [6.07, 6.45) is -1.74. The summed E-state index contributed by atoms with van der Waals surface area (Å²) in [6.45, 7) is 10.1. The van der Waals surface area contributed by atoms with Gasteiger partial charge >= 0.3 is 189 Å². The summed E-state index contributed by atoms with van der Waals surface area (Å²) in [5.74, 6) is -0.860. The molecular formula is C20H26N4O4Se2-2. The van der Waals surface area contributed by atoms with E-state index < -0.39 is 24.0 Å². The second kappa shape index (κ2) is 8.68. The number of morpholine rings is 2. The van der Waals surface area contributed by atoms with Crippen LogP contribution in [0.3, 0.4) is 0 Å². The Bertz CT molecular complexity index is 811. The molecule has 1 saturated carbocycles.